The van der Waals surface area contributed by atoms with E-state index in [4.69, 9.17) is 0 Å². The van der Waals surface area contributed by atoms with Crippen LogP contribution in [0.3, 0.4) is 0 Å². The van der Waals surface area contributed by atoms with Crippen molar-refractivity contribution in [2.24, 2.45) is 7.05 Å². The van der Waals surface area contributed by atoms with Gasteiger partial charge >= 0.3 is 0 Å². The molecule has 0 saturated heterocycles. The molecule has 0 amide bonds. The Kier molecular flexibility index (Phi) is 3.08. The molecule has 0 aliphatic heterocycles. The lowest BCUT2D eigenvalue weighted by Gasteiger charge is -2.05. The van der Waals surface area contributed by atoms with Crippen LogP contribution in [0, 0.1) is 13.8 Å². The molecule has 3 heterocycles. The Labute approximate surface area is 115 Å². The standard InChI is InChI=1S/C12H16N6S/c1-8-6-19-12-15-9(2)10(18(8)12)4-13-5-11-16-14-7-17(11)3/h6-7,13H,4-5H2,1-3H3. The average molecular weight is 276 g/mol. The first kappa shape index (κ1) is 12.3. The van der Waals surface area contributed by atoms with Gasteiger partial charge in [-0.1, -0.05) is 0 Å². The number of aromatic nitrogens is 5. The molecule has 19 heavy (non-hydrogen) atoms. The van der Waals surface area contributed by atoms with Crippen molar-refractivity contribution in [3.8, 4) is 0 Å². The Morgan fingerprint density at radius 3 is 2.89 bits per heavy atom. The fraction of sp³-hybridized carbons (Fsp3) is 0.417. The van der Waals surface area contributed by atoms with Crippen LogP contribution in [0.2, 0.25) is 0 Å². The van der Waals surface area contributed by atoms with Crippen LogP contribution in [0.1, 0.15) is 22.9 Å². The summed E-state index contributed by atoms with van der Waals surface area (Å²) in [7, 11) is 1.95. The number of aryl methyl sites for hydroxylation is 3. The lowest BCUT2D eigenvalue weighted by atomic mass is 10.3. The largest absolute Gasteiger partial charge is 0.320 e. The second kappa shape index (κ2) is 4.75. The summed E-state index contributed by atoms with van der Waals surface area (Å²) in [6, 6.07) is 0. The van der Waals surface area contributed by atoms with Gasteiger partial charge in [-0.2, -0.15) is 0 Å². The number of thiazole rings is 1. The van der Waals surface area contributed by atoms with Gasteiger partial charge in [-0.05, 0) is 13.8 Å². The predicted octanol–water partition coefficient (Wildman–Crippen LogP) is 1.43. The highest BCUT2D eigenvalue weighted by atomic mass is 32.1. The minimum atomic E-state index is 0.701. The van der Waals surface area contributed by atoms with E-state index in [2.05, 4.69) is 44.1 Å². The molecule has 0 unspecified atom stereocenters. The van der Waals surface area contributed by atoms with Gasteiger partial charge in [-0.3, -0.25) is 4.40 Å². The molecule has 0 aliphatic rings. The molecule has 6 nitrogen and oxygen atoms in total. The number of hydrogen-bond acceptors (Lipinski definition) is 5. The summed E-state index contributed by atoms with van der Waals surface area (Å²) >= 11 is 1.68. The summed E-state index contributed by atoms with van der Waals surface area (Å²) in [5.41, 5.74) is 3.53. The average Bonchev–Trinajstić information content (AvgIpc) is 3.01. The normalized spacial score (nSPS) is 11.5. The highest BCUT2D eigenvalue weighted by Crippen LogP contribution is 2.20. The first-order chi connectivity index (χ1) is 9.16. The fourth-order valence-electron chi connectivity index (χ4n) is 2.14. The maximum absolute atomic E-state index is 4.58. The molecule has 3 aromatic rings. The zero-order valence-electron chi connectivity index (χ0n) is 11.2. The second-order valence-electron chi connectivity index (χ2n) is 4.60. The van der Waals surface area contributed by atoms with Crippen molar-refractivity contribution in [3.63, 3.8) is 0 Å². The molecular weight excluding hydrogens is 260 g/mol. The van der Waals surface area contributed by atoms with Crippen molar-refractivity contribution in [1.29, 1.82) is 0 Å². The smallest absolute Gasteiger partial charge is 0.194 e. The van der Waals surface area contributed by atoms with Gasteiger partial charge in [0.15, 0.2) is 4.96 Å². The molecule has 0 aliphatic carbocycles. The Bertz CT molecular complexity index is 707. The molecule has 0 bridgehead atoms. The molecule has 3 aromatic heterocycles. The van der Waals surface area contributed by atoms with E-state index in [-0.39, 0.29) is 0 Å². The van der Waals surface area contributed by atoms with Crippen LogP contribution in [0.5, 0.6) is 0 Å². The van der Waals surface area contributed by atoms with Crippen LogP contribution in [-0.4, -0.2) is 24.1 Å². The quantitative estimate of drug-likeness (QED) is 0.783. The van der Waals surface area contributed by atoms with E-state index in [0.717, 1.165) is 23.0 Å². The minimum absolute atomic E-state index is 0.701. The summed E-state index contributed by atoms with van der Waals surface area (Å²) in [5, 5.41) is 13.5. The topological polar surface area (TPSA) is 60.0 Å². The number of hydrogen-bond donors (Lipinski definition) is 1. The first-order valence-electron chi connectivity index (χ1n) is 6.12. The molecule has 0 atom stereocenters. The highest BCUT2D eigenvalue weighted by Gasteiger charge is 2.11. The number of fused-ring (bicyclic) bond motifs is 1. The van der Waals surface area contributed by atoms with Gasteiger partial charge < -0.3 is 9.88 Å². The number of imidazole rings is 1. The Balaban J connectivity index is 1.76. The predicted molar refractivity (Wildman–Crippen MR) is 74.1 cm³/mol. The Morgan fingerprint density at radius 1 is 1.32 bits per heavy atom. The van der Waals surface area contributed by atoms with Crippen LogP contribution in [0.4, 0.5) is 0 Å². The van der Waals surface area contributed by atoms with Gasteiger partial charge in [-0.25, -0.2) is 4.98 Å². The molecule has 0 spiro atoms. The van der Waals surface area contributed by atoms with Crippen molar-refractivity contribution in [1.82, 2.24) is 29.5 Å². The van der Waals surface area contributed by atoms with E-state index >= 15 is 0 Å². The van der Waals surface area contributed by atoms with Crippen LogP contribution in [0.25, 0.3) is 4.96 Å². The maximum atomic E-state index is 4.58. The van der Waals surface area contributed by atoms with Crippen LogP contribution < -0.4 is 5.32 Å². The highest BCUT2D eigenvalue weighted by molar-refractivity contribution is 7.15. The van der Waals surface area contributed by atoms with Crippen molar-refractivity contribution in [2.45, 2.75) is 26.9 Å². The van der Waals surface area contributed by atoms with Gasteiger partial charge in [0.25, 0.3) is 0 Å². The van der Waals surface area contributed by atoms with E-state index < -0.39 is 0 Å². The van der Waals surface area contributed by atoms with Gasteiger partial charge in [0.2, 0.25) is 0 Å². The van der Waals surface area contributed by atoms with E-state index in [1.807, 2.05) is 11.6 Å². The summed E-state index contributed by atoms with van der Waals surface area (Å²) in [6.45, 7) is 5.64. The molecule has 0 saturated carbocycles. The molecule has 3 rings (SSSR count). The van der Waals surface area contributed by atoms with E-state index in [1.54, 1.807) is 17.7 Å². The number of rotatable bonds is 4. The van der Waals surface area contributed by atoms with E-state index in [0.29, 0.717) is 6.54 Å². The molecule has 7 heteroatoms. The SMILES string of the molecule is Cc1nc2scc(C)n2c1CNCc1nncn1C. The van der Waals surface area contributed by atoms with Crippen molar-refractivity contribution in [2.75, 3.05) is 0 Å². The molecule has 1 N–H and O–H groups in total. The van der Waals surface area contributed by atoms with Crippen molar-refractivity contribution < 1.29 is 0 Å². The summed E-state index contributed by atoms with van der Waals surface area (Å²) in [5.74, 6) is 0.931. The maximum Gasteiger partial charge on any atom is 0.194 e. The van der Waals surface area contributed by atoms with Crippen LogP contribution >= 0.6 is 11.3 Å². The second-order valence-corrected chi connectivity index (χ2v) is 5.44. The van der Waals surface area contributed by atoms with E-state index in [9.17, 15) is 0 Å². The van der Waals surface area contributed by atoms with Crippen LogP contribution in [-0.2, 0) is 20.1 Å². The van der Waals surface area contributed by atoms with Gasteiger partial charge in [0.05, 0.1) is 17.9 Å². The molecular formula is C12H16N6S. The van der Waals surface area contributed by atoms with Gasteiger partial charge in [-0.15, -0.1) is 21.5 Å². The molecule has 100 valence electrons. The summed E-state index contributed by atoms with van der Waals surface area (Å²) in [4.78, 5) is 5.64. The van der Waals surface area contributed by atoms with Crippen molar-refractivity contribution >= 4 is 16.3 Å². The number of nitrogens with zero attached hydrogens (tertiary/aromatic N) is 5. The monoisotopic (exact) mass is 276 g/mol. The third-order valence-electron chi connectivity index (χ3n) is 3.21. The third kappa shape index (κ3) is 2.15. The molecule has 0 fully saturated rings. The summed E-state index contributed by atoms with van der Waals surface area (Å²) in [6.07, 6.45) is 1.71. The fourth-order valence-corrected chi connectivity index (χ4v) is 3.07. The first-order valence-corrected chi connectivity index (χ1v) is 7.00. The molecule has 0 aromatic carbocycles. The summed E-state index contributed by atoms with van der Waals surface area (Å²) < 4.78 is 4.13. The third-order valence-corrected chi connectivity index (χ3v) is 4.15. The lowest BCUT2D eigenvalue weighted by Crippen LogP contribution is -2.17. The zero-order valence-corrected chi connectivity index (χ0v) is 12.0. The zero-order chi connectivity index (χ0) is 13.4. The van der Waals surface area contributed by atoms with Gasteiger partial charge in [0.1, 0.15) is 12.2 Å². The van der Waals surface area contributed by atoms with Crippen LogP contribution in [0.15, 0.2) is 11.7 Å². The Morgan fingerprint density at radius 2 is 2.16 bits per heavy atom. The lowest BCUT2D eigenvalue weighted by molar-refractivity contribution is 0.624. The molecule has 0 radical (unpaired) electrons. The van der Waals surface area contributed by atoms with Gasteiger partial charge in [0, 0.05) is 24.7 Å². The Hall–Kier alpha value is -1.73. The van der Waals surface area contributed by atoms with E-state index in [1.165, 1.54) is 11.4 Å². The number of nitrogens with one attached hydrogen (secondary N) is 1. The minimum Gasteiger partial charge on any atom is -0.320 e. The van der Waals surface area contributed by atoms with Crippen molar-refractivity contribution in [3.05, 3.63) is 34.6 Å².